The standard InChI is InChI=1S/C27H26N4O6S/c1-6-38(33,34)30-18-10-11-22(36-24-15(2)8-7-9-16(24)3)19(12-18)21-14-31(5)27(32)20-13-23(37-25(20)21)26-29-28-17(4)35-26/h7-14,30H,6H2,1-5H3. The number of para-hydroxylation sites is 1. The Bertz CT molecular complexity index is 1830. The Morgan fingerprint density at radius 1 is 1.00 bits per heavy atom. The van der Waals surface area contributed by atoms with Gasteiger partial charge in [-0.3, -0.25) is 9.52 Å². The molecule has 11 heteroatoms. The predicted molar refractivity (Wildman–Crippen MR) is 144 cm³/mol. The third-order valence-corrected chi connectivity index (χ3v) is 7.44. The highest BCUT2D eigenvalue weighted by atomic mass is 32.2. The van der Waals surface area contributed by atoms with Crippen molar-refractivity contribution in [2.45, 2.75) is 27.7 Å². The first-order chi connectivity index (χ1) is 18.1. The molecule has 196 valence electrons. The number of ether oxygens (including phenoxy) is 1. The summed E-state index contributed by atoms with van der Waals surface area (Å²) >= 11 is 0. The zero-order chi connectivity index (χ0) is 27.2. The van der Waals surface area contributed by atoms with Gasteiger partial charge in [0, 0.05) is 43.0 Å². The third kappa shape index (κ3) is 4.68. The second kappa shape index (κ2) is 9.49. The van der Waals surface area contributed by atoms with Gasteiger partial charge in [0.25, 0.3) is 11.4 Å². The van der Waals surface area contributed by atoms with Crippen molar-refractivity contribution in [3.8, 4) is 34.3 Å². The highest BCUT2D eigenvalue weighted by molar-refractivity contribution is 7.92. The molecule has 0 saturated carbocycles. The smallest absolute Gasteiger partial charge is 0.283 e. The highest BCUT2D eigenvalue weighted by Gasteiger charge is 2.22. The van der Waals surface area contributed by atoms with Crippen molar-refractivity contribution in [3.05, 3.63) is 76.0 Å². The number of rotatable bonds is 7. The molecule has 0 bridgehead atoms. The number of fused-ring (bicyclic) bond motifs is 1. The first-order valence-corrected chi connectivity index (χ1v) is 13.5. The minimum absolute atomic E-state index is 0.0851. The Balaban J connectivity index is 1.76. The second-order valence-electron chi connectivity index (χ2n) is 8.98. The van der Waals surface area contributed by atoms with Crippen LogP contribution in [-0.2, 0) is 17.1 Å². The van der Waals surface area contributed by atoms with E-state index >= 15 is 0 Å². The molecule has 0 saturated heterocycles. The van der Waals surface area contributed by atoms with Crippen molar-refractivity contribution in [1.82, 2.24) is 14.8 Å². The number of furan rings is 1. The maximum absolute atomic E-state index is 13.0. The van der Waals surface area contributed by atoms with E-state index in [1.807, 2.05) is 32.0 Å². The Labute approximate surface area is 218 Å². The second-order valence-corrected chi connectivity index (χ2v) is 11.0. The lowest BCUT2D eigenvalue weighted by molar-refractivity contribution is 0.476. The van der Waals surface area contributed by atoms with Crippen LogP contribution < -0.4 is 15.0 Å². The largest absolute Gasteiger partial charge is 0.456 e. The monoisotopic (exact) mass is 534 g/mol. The molecule has 10 nitrogen and oxygen atoms in total. The summed E-state index contributed by atoms with van der Waals surface area (Å²) in [5, 5.41) is 8.14. The van der Waals surface area contributed by atoms with Gasteiger partial charge < -0.3 is 18.1 Å². The van der Waals surface area contributed by atoms with Crippen molar-refractivity contribution in [2.75, 3.05) is 10.5 Å². The number of nitrogens with one attached hydrogen (secondary N) is 1. The summed E-state index contributed by atoms with van der Waals surface area (Å²) in [5.41, 5.74) is 3.25. The minimum Gasteiger partial charge on any atom is -0.456 e. The Morgan fingerprint density at radius 3 is 2.39 bits per heavy atom. The number of pyridine rings is 1. The number of aryl methyl sites for hydroxylation is 4. The predicted octanol–water partition coefficient (Wildman–Crippen LogP) is 5.33. The van der Waals surface area contributed by atoms with Crippen LogP contribution in [0.25, 0.3) is 33.7 Å². The molecule has 5 rings (SSSR count). The van der Waals surface area contributed by atoms with Gasteiger partial charge in [0.15, 0.2) is 5.76 Å². The van der Waals surface area contributed by atoms with Crippen LogP contribution in [0.1, 0.15) is 23.9 Å². The van der Waals surface area contributed by atoms with Gasteiger partial charge in [0.1, 0.15) is 17.1 Å². The lowest BCUT2D eigenvalue weighted by atomic mass is 10.0. The molecule has 0 aliphatic rings. The van der Waals surface area contributed by atoms with Crippen LogP contribution in [0.15, 0.2) is 62.3 Å². The van der Waals surface area contributed by atoms with Crippen LogP contribution in [0.4, 0.5) is 5.69 Å². The molecule has 0 spiro atoms. The zero-order valence-electron chi connectivity index (χ0n) is 21.5. The SMILES string of the molecule is CCS(=O)(=O)Nc1ccc(Oc2c(C)cccc2C)c(-c2cn(C)c(=O)c3cc(-c4nnc(C)o4)oc23)c1. The van der Waals surface area contributed by atoms with Crippen LogP contribution in [0.3, 0.4) is 0 Å². The summed E-state index contributed by atoms with van der Waals surface area (Å²) in [7, 11) is -1.91. The molecule has 3 heterocycles. The quantitative estimate of drug-likeness (QED) is 0.297. The molecule has 5 aromatic rings. The Hall–Kier alpha value is -4.38. The molecule has 0 amide bonds. The van der Waals surface area contributed by atoms with Gasteiger partial charge in [-0.25, -0.2) is 8.42 Å². The van der Waals surface area contributed by atoms with Gasteiger partial charge in [0.05, 0.1) is 11.1 Å². The van der Waals surface area contributed by atoms with Gasteiger partial charge in [0.2, 0.25) is 15.9 Å². The van der Waals surface area contributed by atoms with Crippen molar-refractivity contribution < 1.29 is 22.0 Å². The summed E-state index contributed by atoms with van der Waals surface area (Å²) < 4.78 is 46.7. The summed E-state index contributed by atoms with van der Waals surface area (Å²) in [6.45, 7) is 7.11. The van der Waals surface area contributed by atoms with Crippen LogP contribution >= 0.6 is 0 Å². The van der Waals surface area contributed by atoms with E-state index in [0.29, 0.717) is 39.6 Å². The van der Waals surface area contributed by atoms with E-state index in [4.69, 9.17) is 13.6 Å². The number of anilines is 1. The van der Waals surface area contributed by atoms with Crippen LogP contribution in [0.2, 0.25) is 0 Å². The average molecular weight is 535 g/mol. The normalized spacial score (nSPS) is 11.7. The van der Waals surface area contributed by atoms with Crippen molar-refractivity contribution in [1.29, 1.82) is 0 Å². The lowest BCUT2D eigenvalue weighted by Gasteiger charge is -2.17. The fourth-order valence-corrected chi connectivity index (χ4v) is 4.79. The van der Waals surface area contributed by atoms with E-state index in [0.717, 1.165) is 11.1 Å². The molecule has 0 aliphatic carbocycles. The number of hydrogen-bond donors (Lipinski definition) is 1. The molecule has 38 heavy (non-hydrogen) atoms. The molecule has 0 atom stereocenters. The van der Waals surface area contributed by atoms with Crippen molar-refractivity contribution in [3.63, 3.8) is 0 Å². The fraction of sp³-hybridized carbons (Fsp3) is 0.222. The first kappa shape index (κ1) is 25.3. The fourth-order valence-electron chi connectivity index (χ4n) is 4.16. The summed E-state index contributed by atoms with van der Waals surface area (Å²) in [6.07, 6.45) is 1.63. The van der Waals surface area contributed by atoms with Crippen molar-refractivity contribution in [2.24, 2.45) is 7.05 Å². The molecular weight excluding hydrogens is 508 g/mol. The number of sulfonamides is 1. The third-order valence-electron chi connectivity index (χ3n) is 6.13. The molecule has 3 aromatic heterocycles. The molecular formula is C27H26N4O6S. The summed E-state index contributed by atoms with van der Waals surface area (Å²) in [5.74, 6) is 1.78. The molecule has 2 aromatic carbocycles. The van der Waals surface area contributed by atoms with E-state index in [-0.39, 0.29) is 28.5 Å². The minimum atomic E-state index is -3.54. The molecule has 0 aliphatic heterocycles. The number of aromatic nitrogens is 3. The average Bonchev–Trinajstić information content (AvgIpc) is 3.51. The van der Waals surface area contributed by atoms with Gasteiger partial charge in [-0.05, 0) is 50.1 Å². The first-order valence-electron chi connectivity index (χ1n) is 11.9. The molecule has 0 fully saturated rings. The van der Waals surface area contributed by atoms with Gasteiger partial charge in [-0.1, -0.05) is 18.2 Å². The Kier molecular flexibility index (Phi) is 6.31. The van der Waals surface area contributed by atoms with E-state index < -0.39 is 10.0 Å². The number of hydrogen-bond acceptors (Lipinski definition) is 8. The Morgan fingerprint density at radius 2 is 1.74 bits per heavy atom. The van der Waals surface area contributed by atoms with E-state index in [1.165, 1.54) is 4.57 Å². The zero-order valence-corrected chi connectivity index (χ0v) is 22.3. The number of nitrogens with zero attached hydrogens (tertiary/aromatic N) is 3. The van der Waals surface area contributed by atoms with Gasteiger partial charge >= 0.3 is 0 Å². The molecule has 0 unspecified atom stereocenters. The van der Waals surface area contributed by atoms with E-state index in [2.05, 4.69) is 14.9 Å². The maximum atomic E-state index is 13.0. The van der Waals surface area contributed by atoms with Crippen LogP contribution in [0.5, 0.6) is 11.5 Å². The summed E-state index contributed by atoms with van der Waals surface area (Å²) in [4.78, 5) is 13.0. The van der Waals surface area contributed by atoms with E-state index in [1.54, 1.807) is 51.4 Å². The topological polar surface area (TPSA) is 129 Å². The van der Waals surface area contributed by atoms with Crippen LogP contribution in [0, 0.1) is 20.8 Å². The number of benzene rings is 2. The maximum Gasteiger partial charge on any atom is 0.283 e. The van der Waals surface area contributed by atoms with Crippen molar-refractivity contribution >= 4 is 26.7 Å². The highest BCUT2D eigenvalue weighted by Crippen LogP contribution is 2.41. The molecule has 1 N–H and O–H groups in total. The molecule has 0 radical (unpaired) electrons. The lowest BCUT2D eigenvalue weighted by Crippen LogP contribution is -2.16. The van der Waals surface area contributed by atoms with Crippen LogP contribution in [-0.4, -0.2) is 28.9 Å². The van der Waals surface area contributed by atoms with E-state index in [9.17, 15) is 13.2 Å². The van der Waals surface area contributed by atoms with Gasteiger partial charge in [-0.15, -0.1) is 10.2 Å². The van der Waals surface area contributed by atoms with Gasteiger partial charge in [-0.2, -0.15) is 0 Å². The summed E-state index contributed by atoms with van der Waals surface area (Å²) in [6, 6.07) is 12.4.